The van der Waals surface area contributed by atoms with Gasteiger partial charge in [-0.25, -0.2) is 0 Å². The second kappa shape index (κ2) is 5.31. The quantitative estimate of drug-likeness (QED) is 0.561. The van der Waals surface area contributed by atoms with Gasteiger partial charge in [0.1, 0.15) is 0 Å². The van der Waals surface area contributed by atoms with Gasteiger partial charge < -0.3 is 0 Å². The summed E-state index contributed by atoms with van der Waals surface area (Å²) in [6, 6.07) is 11.2. The summed E-state index contributed by atoms with van der Waals surface area (Å²) in [6.07, 6.45) is 1.86. The van der Waals surface area contributed by atoms with Gasteiger partial charge >= 0.3 is 0 Å². The highest BCUT2D eigenvalue weighted by Gasteiger charge is 2.13. The summed E-state index contributed by atoms with van der Waals surface area (Å²) in [7, 11) is 0. The third-order valence-electron chi connectivity index (χ3n) is 3.11. The molecular weight excluding hydrogens is 338 g/mol. The van der Waals surface area contributed by atoms with Crippen molar-refractivity contribution in [2.45, 2.75) is 0 Å². The first kappa shape index (κ1) is 13.6. The summed E-state index contributed by atoms with van der Waals surface area (Å²) >= 11 is 9.06. The van der Waals surface area contributed by atoms with Gasteiger partial charge in [-0.1, -0.05) is 41.1 Å². The predicted octanol–water partition coefficient (Wildman–Crippen LogP) is 3.08. The molecule has 3 heterocycles. The summed E-state index contributed by atoms with van der Waals surface area (Å²) in [5, 5.41) is 6.84. The van der Waals surface area contributed by atoms with Gasteiger partial charge in [0.15, 0.2) is 5.82 Å². The first-order chi connectivity index (χ1) is 10.7. The third kappa shape index (κ3) is 2.25. The zero-order chi connectivity index (χ0) is 15.1. The molecule has 0 saturated heterocycles. The van der Waals surface area contributed by atoms with Crippen molar-refractivity contribution in [3.63, 3.8) is 0 Å². The lowest BCUT2D eigenvalue weighted by atomic mass is 10.2. The van der Waals surface area contributed by atoms with E-state index < -0.39 is 0 Å². The molecule has 0 bridgehead atoms. The van der Waals surface area contributed by atoms with E-state index in [0.29, 0.717) is 20.3 Å². The predicted molar refractivity (Wildman–Crippen MR) is 90.7 cm³/mol. The fraction of sp³-hybridized carbons (Fsp3) is 0. The van der Waals surface area contributed by atoms with Gasteiger partial charge in [-0.3, -0.25) is 4.79 Å². The summed E-state index contributed by atoms with van der Waals surface area (Å²) < 4.78 is 1.96. The molecule has 0 radical (unpaired) electrons. The van der Waals surface area contributed by atoms with Crippen molar-refractivity contribution in [2.24, 2.45) is 0 Å². The molecule has 0 atom stereocenters. The molecule has 4 aromatic rings. The molecule has 0 amide bonds. The minimum atomic E-state index is -0.154. The second-order valence-corrected chi connectivity index (χ2v) is 6.94. The fourth-order valence-electron chi connectivity index (χ4n) is 2.09. The van der Waals surface area contributed by atoms with Crippen LogP contribution in [0.25, 0.3) is 22.4 Å². The number of nitrogens with zero attached hydrogens (tertiary/aromatic N) is 3. The lowest BCUT2D eigenvalue weighted by molar-refractivity contribution is 0.937. The average molecular weight is 346 g/mol. The Labute approximate surface area is 137 Å². The topological polar surface area (TPSA) is 47.3 Å². The fourth-order valence-corrected chi connectivity index (χ4v) is 3.94. The van der Waals surface area contributed by atoms with Crippen molar-refractivity contribution < 1.29 is 0 Å². The summed E-state index contributed by atoms with van der Waals surface area (Å²) in [6.45, 7) is 0. The van der Waals surface area contributed by atoms with E-state index in [1.807, 2.05) is 41.8 Å². The van der Waals surface area contributed by atoms with Gasteiger partial charge in [0.2, 0.25) is 4.96 Å². The van der Waals surface area contributed by atoms with Crippen molar-refractivity contribution in [3.8, 4) is 11.4 Å². The number of halogens is 1. The highest BCUT2D eigenvalue weighted by atomic mass is 35.5. The molecular formula is C15H8ClN3OS2. The molecule has 108 valence electrons. The molecule has 1 aromatic carbocycles. The molecule has 0 aliphatic rings. The van der Waals surface area contributed by atoms with Gasteiger partial charge in [0.25, 0.3) is 5.56 Å². The molecule has 0 fully saturated rings. The van der Waals surface area contributed by atoms with Crippen molar-refractivity contribution in [1.82, 2.24) is 14.6 Å². The summed E-state index contributed by atoms with van der Waals surface area (Å²) in [4.78, 5) is 18.4. The van der Waals surface area contributed by atoms with Crippen molar-refractivity contribution in [3.05, 3.63) is 66.6 Å². The lowest BCUT2D eigenvalue weighted by Gasteiger charge is -1.96. The Morgan fingerprint density at radius 3 is 2.77 bits per heavy atom. The van der Waals surface area contributed by atoms with E-state index in [1.165, 1.54) is 15.9 Å². The van der Waals surface area contributed by atoms with Crippen molar-refractivity contribution in [2.75, 3.05) is 0 Å². The molecule has 3 aromatic heterocycles. The maximum Gasteiger partial charge on any atom is 0.291 e. The van der Waals surface area contributed by atoms with Crippen LogP contribution in [0.2, 0.25) is 5.02 Å². The van der Waals surface area contributed by atoms with Gasteiger partial charge in [-0.15, -0.1) is 16.4 Å². The Kier molecular flexibility index (Phi) is 3.29. The van der Waals surface area contributed by atoms with E-state index in [9.17, 15) is 4.79 Å². The van der Waals surface area contributed by atoms with Crippen LogP contribution < -0.4 is 10.1 Å². The number of hydrogen-bond donors (Lipinski definition) is 0. The number of hydrogen-bond acceptors (Lipinski definition) is 5. The summed E-state index contributed by atoms with van der Waals surface area (Å²) in [5.74, 6) is 0.469. The van der Waals surface area contributed by atoms with E-state index in [-0.39, 0.29) is 5.56 Å². The highest BCUT2D eigenvalue weighted by Crippen LogP contribution is 2.25. The Morgan fingerprint density at radius 2 is 2.05 bits per heavy atom. The van der Waals surface area contributed by atoms with Crippen LogP contribution in [0.3, 0.4) is 0 Å². The minimum Gasteiger partial charge on any atom is -0.266 e. The molecule has 0 spiro atoms. The normalized spacial score (nSPS) is 12.3. The minimum absolute atomic E-state index is 0.154. The number of benzene rings is 1. The Morgan fingerprint density at radius 1 is 1.18 bits per heavy atom. The Balaban J connectivity index is 1.88. The smallest absolute Gasteiger partial charge is 0.266 e. The lowest BCUT2D eigenvalue weighted by Crippen LogP contribution is -2.23. The standard InChI is InChI=1S/C15H8ClN3OS2/c16-11-6-2-1-5-10(11)13-17-15-19(18-13)14(20)12(22-15)8-9-4-3-7-21-9/h1-8H/b12-8-. The van der Waals surface area contributed by atoms with Crippen LogP contribution in [-0.2, 0) is 0 Å². The van der Waals surface area contributed by atoms with Gasteiger partial charge in [-0.2, -0.15) is 9.50 Å². The second-order valence-electron chi connectivity index (χ2n) is 4.54. The van der Waals surface area contributed by atoms with Crippen molar-refractivity contribution >= 4 is 45.3 Å². The van der Waals surface area contributed by atoms with Crippen LogP contribution in [0, 0.1) is 0 Å². The zero-order valence-corrected chi connectivity index (χ0v) is 13.5. The van der Waals surface area contributed by atoms with Gasteiger partial charge in [0, 0.05) is 10.4 Å². The maximum absolute atomic E-state index is 12.4. The summed E-state index contributed by atoms with van der Waals surface area (Å²) in [5.41, 5.74) is 0.572. The average Bonchev–Trinajstić information content (AvgIpc) is 3.20. The zero-order valence-electron chi connectivity index (χ0n) is 11.1. The number of fused-ring (bicyclic) bond motifs is 1. The number of thiazole rings is 1. The molecule has 0 unspecified atom stereocenters. The van der Waals surface area contributed by atoms with Gasteiger partial charge in [-0.05, 0) is 29.7 Å². The molecule has 22 heavy (non-hydrogen) atoms. The van der Waals surface area contributed by atoms with Crippen LogP contribution in [-0.4, -0.2) is 14.6 Å². The molecule has 4 nitrogen and oxygen atoms in total. The molecule has 0 aliphatic carbocycles. The SMILES string of the molecule is O=c1/c(=C/c2cccs2)sc2nc(-c3ccccc3Cl)nn12. The Bertz CT molecular complexity index is 1070. The van der Waals surface area contributed by atoms with Crippen LogP contribution in [0.5, 0.6) is 0 Å². The number of rotatable bonds is 2. The van der Waals surface area contributed by atoms with Crippen LogP contribution in [0.1, 0.15) is 4.88 Å². The van der Waals surface area contributed by atoms with Gasteiger partial charge in [0.05, 0.1) is 9.55 Å². The molecule has 4 rings (SSSR count). The van der Waals surface area contributed by atoms with Crippen LogP contribution in [0.4, 0.5) is 0 Å². The third-order valence-corrected chi connectivity index (χ3v) is 5.22. The first-order valence-corrected chi connectivity index (χ1v) is 8.49. The molecule has 0 saturated carbocycles. The van der Waals surface area contributed by atoms with Crippen LogP contribution >= 0.6 is 34.3 Å². The Hall–Kier alpha value is -2.02. The highest BCUT2D eigenvalue weighted by molar-refractivity contribution is 7.15. The first-order valence-electron chi connectivity index (χ1n) is 6.42. The van der Waals surface area contributed by atoms with Crippen LogP contribution in [0.15, 0.2) is 46.6 Å². The van der Waals surface area contributed by atoms with Crippen molar-refractivity contribution in [1.29, 1.82) is 0 Å². The molecule has 7 heteroatoms. The number of thiophene rings is 1. The van der Waals surface area contributed by atoms with E-state index in [4.69, 9.17) is 11.6 Å². The van der Waals surface area contributed by atoms with E-state index in [0.717, 1.165) is 10.4 Å². The monoisotopic (exact) mass is 345 g/mol. The largest absolute Gasteiger partial charge is 0.291 e. The van der Waals surface area contributed by atoms with E-state index in [2.05, 4.69) is 10.1 Å². The maximum atomic E-state index is 12.4. The molecule has 0 N–H and O–H groups in total. The van der Waals surface area contributed by atoms with E-state index >= 15 is 0 Å². The molecule has 0 aliphatic heterocycles. The van der Waals surface area contributed by atoms with E-state index in [1.54, 1.807) is 17.4 Å². The number of aromatic nitrogens is 3.